The molecular formula is C17H15Cl2N3O5. The van der Waals surface area contributed by atoms with Crippen LogP contribution in [0.1, 0.15) is 20.7 Å². The third kappa shape index (κ3) is 5.50. The molecule has 0 aliphatic heterocycles. The Morgan fingerprint density at radius 2 is 1.63 bits per heavy atom. The summed E-state index contributed by atoms with van der Waals surface area (Å²) in [6.45, 7) is -0.641. The van der Waals surface area contributed by atoms with Gasteiger partial charge < -0.3 is 15.2 Å². The molecule has 0 radical (unpaired) electrons. The fraction of sp³-hybridized carbons (Fsp3) is 0.118. The first-order valence-corrected chi connectivity index (χ1v) is 8.22. The number of nitrogen functional groups attached to an aromatic ring is 1. The highest BCUT2D eigenvalue weighted by Gasteiger charge is 2.16. The van der Waals surface area contributed by atoms with Gasteiger partial charge >= 0.3 is 5.97 Å². The van der Waals surface area contributed by atoms with Crippen LogP contribution in [0, 0.1) is 0 Å². The predicted molar refractivity (Wildman–Crippen MR) is 99.8 cm³/mol. The average Bonchev–Trinajstić information content (AvgIpc) is 2.65. The van der Waals surface area contributed by atoms with Crippen LogP contribution in [-0.4, -0.2) is 31.5 Å². The van der Waals surface area contributed by atoms with Gasteiger partial charge in [-0.3, -0.25) is 20.4 Å². The van der Waals surface area contributed by atoms with Gasteiger partial charge in [0.1, 0.15) is 5.75 Å². The Bertz CT molecular complexity index is 889. The molecule has 2 aromatic carbocycles. The fourth-order valence-electron chi connectivity index (χ4n) is 2.00. The SMILES string of the molecule is COc1ccc(Cl)cc1C(=O)NNC(=O)COC(=O)c1cc(Cl)ccc1N. The number of carbonyl (C=O) groups is 3. The van der Waals surface area contributed by atoms with Crippen LogP contribution in [0.5, 0.6) is 5.75 Å². The van der Waals surface area contributed by atoms with Gasteiger partial charge in [-0.1, -0.05) is 23.2 Å². The minimum absolute atomic E-state index is 0.0306. The first-order chi connectivity index (χ1) is 12.8. The van der Waals surface area contributed by atoms with Crippen molar-refractivity contribution in [1.29, 1.82) is 0 Å². The number of ether oxygens (including phenoxy) is 2. The van der Waals surface area contributed by atoms with E-state index in [0.717, 1.165) is 0 Å². The minimum Gasteiger partial charge on any atom is -0.496 e. The number of methoxy groups -OCH3 is 1. The molecule has 0 unspecified atom stereocenters. The van der Waals surface area contributed by atoms with E-state index in [0.29, 0.717) is 10.0 Å². The van der Waals surface area contributed by atoms with Gasteiger partial charge in [0.25, 0.3) is 11.8 Å². The summed E-state index contributed by atoms with van der Waals surface area (Å²) in [7, 11) is 1.39. The molecule has 0 saturated carbocycles. The molecule has 0 aliphatic carbocycles. The third-order valence-corrected chi connectivity index (χ3v) is 3.76. The molecule has 0 saturated heterocycles. The number of carbonyl (C=O) groups excluding carboxylic acids is 3. The van der Waals surface area contributed by atoms with Crippen LogP contribution in [0.3, 0.4) is 0 Å². The lowest BCUT2D eigenvalue weighted by Crippen LogP contribution is -2.43. The second-order valence-corrected chi connectivity index (χ2v) is 6.03. The molecular weight excluding hydrogens is 397 g/mol. The summed E-state index contributed by atoms with van der Waals surface area (Å²) in [5, 5.41) is 0.614. The van der Waals surface area contributed by atoms with Crippen molar-refractivity contribution >= 4 is 46.7 Å². The van der Waals surface area contributed by atoms with Crippen molar-refractivity contribution in [3.8, 4) is 5.75 Å². The lowest BCUT2D eigenvalue weighted by molar-refractivity contribution is -0.125. The van der Waals surface area contributed by atoms with Crippen molar-refractivity contribution in [3.63, 3.8) is 0 Å². The number of halogens is 2. The summed E-state index contributed by atoms with van der Waals surface area (Å²) in [6.07, 6.45) is 0. The molecule has 0 spiro atoms. The predicted octanol–water partition coefficient (Wildman–Crippen LogP) is 2.20. The number of nitrogens with two attached hydrogens (primary N) is 1. The van der Waals surface area contributed by atoms with Crippen LogP contribution < -0.4 is 21.3 Å². The van der Waals surface area contributed by atoms with Crippen molar-refractivity contribution in [2.24, 2.45) is 0 Å². The zero-order valence-corrected chi connectivity index (χ0v) is 15.6. The van der Waals surface area contributed by atoms with Gasteiger partial charge in [-0.15, -0.1) is 0 Å². The maximum absolute atomic E-state index is 12.1. The molecule has 4 N–H and O–H groups in total. The second kappa shape index (κ2) is 9.11. The smallest absolute Gasteiger partial charge is 0.340 e. The number of rotatable bonds is 5. The molecule has 0 bridgehead atoms. The molecule has 8 nitrogen and oxygen atoms in total. The number of anilines is 1. The highest BCUT2D eigenvalue weighted by atomic mass is 35.5. The average molecular weight is 412 g/mol. The third-order valence-electron chi connectivity index (χ3n) is 3.29. The molecule has 0 heterocycles. The second-order valence-electron chi connectivity index (χ2n) is 5.15. The summed E-state index contributed by atoms with van der Waals surface area (Å²) < 4.78 is 9.89. The summed E-state index contributed by atoms with van der Waals surface area (Å²) in [5.41, 5.74) is 10.3. The van der Waals surface area contributed by atoms with E-state index in [2.05, 4.69) is 10.9 Å². The number of nitrogens with one attached hydrogen (secondary N) is 2. The maximum Gasteiger partial charge on any atom is 0.340 e. The largest absolute Gasteiger partial charge is 0.496 e. The number of hydrogen-bond acceptors (Lipinski definition) is 6. The van der Waals surface area contributed by atoms with Crippen molar-refractivity contribution in [2.45, 2.75) is 0 Å². The van der Waals surface area contributed by atoms with Crippen LogP contribution in [0.4, 0.5) is 5.69 Å². The molecule has 142 valence electrons. The number of benzene rings is 2. The summed E-state index contributed by atoms with van der Waals surface area (Å²) in [6, 6.07) is 8.72. The van der Waals surface area contributed by atoms with Crippen LogP contribution in [-0.2, 0) is 9.53 Å². The Morgan fingerprint density at radius 3 is 2.30 bits per heavy atom. The Morgan fingerprint density at radius 1 is 1.00 bits per heavy atom. The molecule has 0 aromatic heterocycles. The van der Waals surface area contributed by atoms with Gasteiger partial charge in [-0.25, -0.2) is 4.79 Å². The molecule has 2 rings (SSSR count). The minimum atomic E-state index is -0.826. The lowest BCUT2D eigenvalue weighted by atomic mass is 10.2. The van der Waals surface area contributed by atoms with Crippen LogP contribution >= 0.6 is 23.2 Å². The molecule has 0 atom stereocenters. The van der Waals surface area contributed by atoms with Gasteiger partial charge in [0.05, 0.1) is 18.2 Å². The Labute approximate surface area is 164 Å². The van der Waals surface area contributed by atoms with E-state index < -0.39 is 24.4 Å². The van der Waals surface area contributed by atoms with E-state index >= 15 is 0 Å². The van der Waals surface area contributed by atoms with Gasteiger partial charge in [0.15, 0.2) is 6.61 Å². The first-order valence-electron chi connectivity index (χ1n) is 7.46. The van der Waals surface area contributed by atoms with Gasteiger partial charge in [0, 0.05) is 15.7 Å². The summed E-state index contributed by atoms with van der Waals surface area (Å²) in [5.74, 6) is -1.98. The standard InChI is InChI=1S/C17H15Cl2N3O5/c1-26-14-5-3-10(19)7-12(14)16(24)22-21-15(23)8-27-17(25)11-6-9(18)2-4-13(11)20/h2-7H,8,20H2,1H3,(H,21,23)(H,22,24). The Balaban J connectivity index is 1.89. The molecule has 0 aliphatic rings. The molecule has 27 heavy (non-hydrogen) atoms. The van der Waals surface area contributed by atoms with Gasteiger partial charge in [-0.05, 0) is 36.4 Å². The molecule has 2 amide bonds. The number of hydrogen-bond donors (Lipinski definition) is 3. The van der Waals surface area contributed by atoms with E-state index in [4.69, 9.17) is 38.4 Å². The number of hydrazine groups is 1. The first kappa shape index (κ1) is 20.3. The summed E-state index contributed by atoms with van der Waals surface area (Å²) >= 11 is 11.6. The fourth-order valence-corrected chi connectivity index (χ4v) is 2.35. The quantitative estimate of drug-likeness (QED) is 0.394. The zero-order valence-electron chi connectivity index (χ0n) is 14.0. The highest BCUT2D eigenvalue weighted by molar-refractivity contribution is 6.31. The summed E-state index contributed by atoms with van der Waals surface area (Å²) in [4.78, 5) is 35.8. The highest BCUT2D eigenvalue weighted by Crippen LogP contribution is 2.22. The molecule has 10 heteroatoms. The zero-order chi connectivity index (χ0) is 20.0. The van der Waals surface area contributed by atoms with Crippen LogP contribution in [0.25, 0.3) is 0 Å². The van der Waals surface area contributed by atoms with E-state index in [9.17, 15) is 14.4 Å². The normalized spacial score (nSPS) is 10.0. The van der Waals surface area contributed by atoms with E-state index in [1.54, 1.807) is 6.07 Å². The monoisotopic (exact) mass is 411 g/mol. The van der Waals surface area contributed by atoms with E-state index in [1.165, 1.54) is 37.4 Å². The Hall–Kier alpha value is -2.97. The van der Waals surface area contributed by atoms with Gasteiger partial charge in [-0.2, -0.15) is 0 Å². The topological polar surface area (TPSA) is 120 Å². The number of amides is 2. The maximum atomic E-state index is 12.1. The number of esters is 1. The van der Waals surface area contributed by atoms with Crippen molar-refractivity contribution in [2.75, 3.05) is 19.5 Å². The van der Waals surface area contributed by atoms with Gasteiger partial charge in [0.2, 0.25) is 0 Å². The molecule has 0 fully saturated rings. The van der Waals surface area contributed by atoms with Crippen molar-refractivity contribution in [1.82, 2.24) is 10.9 Å². The van der Waals surface area contributed by atoms with E-state index in [1.807, 2.05) is 0 Å². The van der Waals surface area contributed by atoms with Crippen LogP contribution in [0.2, 0.25) is 10.0 Å². The molecule has 2 aromatic rings. The van der Waals surface area contributed by atoms with E-state index in [-0.39, 0.29) is 22.6 Å². The Kier molecular flexibility index (Phi) is 6.86. The van der Waals surface area contributed by atoms with Crippen LogP contribution in [0.15, 0.2) is 36.4 Å². The van der Waals surface area contributed by atoms with Crippen molar-refractivity contribution < 1.29 is 23.9 Å². The van der Waals surface area contributed by atoms with Crippen molar-refractivity contribution in [3.05, 3.63) is 57.6 Å². The lowest BCUT2D eigenvalue weighted by Gasteiger charge is -2.11.